The number of nitrogens with one attached hydrogen (secondary N) is 1. The van der Waals surface area contributed by atoms with Gasteiger partial charge in [0, 0.05) is 6.42 Å². The second-order valence-corrected chi connectivity index (χ2v) is 13.0. The molecule has 0 spiro atoms. The second kappa shape index (κ2) is 28.0. The van der Waals surface area contributed by atoms with Crippen molar-refractivity contribution in [3.05, 3.63) is 12.2 Å². The Morgan fingerprint density at radius 1 is 0.733 bits per heavy atom. The van der Waals surface area contributed by atoms with Gasteiger partial charge < -0.3 is 40.3 Å². The summed E-state index contributed by atoms with van der Waals surface area (Å²) in [7, 11) is 0. The molecule has 0 radical (unpaired) electrons. The van der Waals surface area contributed by atoms with Gasteiger partial charge in [0.1, 0.15) is 24.4 Å². The van der Waals surface area contributed by atoms with E-state index >= 15 is 0 Å². The van der Waals surface area contributed by atoms with Gasteiger partial charge in [-0.2, -0.15) is 0 Å². The quantitative estimate of drug-likeness (QED) is 0.0441. The molecule has 9 nitrogen and oxygen atoms in total. The van der Waals surface area contributed by atoms with Crippen molar-refractivity contribution in [2.75, 3.05) is 13.2 Å². The number of aliphatic hydroxyl groups excluding tert-OH is 5. The van der Waals surface area contributed by atoms with Crippen molar-refractivity contribution < 1.29 is 39.8 Å². The van der Waals surface area contributed by atoms with Gasteiger partial charge in [0.05, 0.1) is 25.4 Å². The molecule has 1 fully saturated rings. The topological polar surface area (TPSA) is 149 Å². The van der Waals surface area contributed by atoms with E-state index in [2.05, 4.69) is 19.2 Å². The van der Waals surface area contributed by atoms with Crippen LogP contribution < -0.4 is 5.32 Å². The predicted octanol–water partition coefficient (Wildman–Crippen LogP) is 5.83. The minimum Gasteiger partial charge on any atom is -0.394 e. The van der Waals surface area contributed by atoms with Gasteiger partial charge in [-0.05, 0) is 19.3 Å². The molecule has 7 atom stereocenters. The minimum atomic E-state index is -1.56. The van der Waals surface area contributed by atoms with Crippen molar-refractivity contribution in [2.24, 2.45) is 0 Å². The number of ether oxygens (including phenoxy) is 2. The molecule has 45 heavy (non-hydrogen) atoms. The highest BCUT2D eigenvalue weighted by Crippen LogP contribution is 2.22. The molecule has 6 N–H and O–H groups in total. The molecule has 0 aromatic rings. The van der Waals surface area contributed by atoms with Gasteiger partial charge in [-0.25, -0.2) is 0 Å². The van der Waals surface area contributed by atoms with Gasteiger partial charge in [-0.3, -0.25) is 4.79 Å². The summed E-state index contributed by atoms with van der Waals surface area (Å²) in [6.07, 6.45) is 21.2. The van der Waals surface area contributed by atoms with Gasteiger partial charge in [-0.1, -0.05) is 142 Å². The summed E-state index contributed by atoms with van der Waals surface area (Å²) in [4.78, 5) is 12.8. The number of amides is 1. The van der Waals surface area contributed by atoms with E-state index in [4.69, 9.17) is 9.47 Å². The fraction of sp³-hybridized carbons (Fsp3) is 0.917. The summed E-state index contributed by atoms with van der Waals surface area (Å²) in [5.41, 5.74) is 0. The zero-order valence-corrected chi connectivity index (χ0v) is 28.6. The molecule has 2 unspecified atom stereocenters. The maximum Gasteiger partial charge on any atom is 0.220 e. The molecule has 0 aliphatic carbocycles. The third-order valence-corrected chi connectivity index (χ3v) is 8.86. The van der Waals surface area contributed by atoms with Crippen molar-refractivity contribution in [3.63, 3.8) is 0 Å². The Morgan fingerprint density at radius 3 is 1.73 bits per heavy atom. The molecular weight excluding hydrogens is 574 g/mol. The Balaban J connectivity index is 2.47. The Bertz CT molecular complexity index is 721. The fourth-order valence-electron chi connectivity index (χ4n) is 5.80. The zero-order valence-electron chi connectivity index (χ0n) is 28.6. The summed E-state index contributed by atoms with van der Waals surface area (Å²) in [5.74, 6) is -0.184. The highest BCUT2D eigenvalue weighted by molar-refractivity contribution is 5.76. The van der Waals surface area contributed by atoms with E-state index in [1.807, 2.05) is 6.08 Å². The van der Waals surface area contributed by atoms with Crippen molar-refractivity contribution in [1.29, 1.82) is 0 Å². The van der Waals surface area contributed by atoms with Crippen molar-refractivity contribution in [1.82, 2.24) is 5.32 Å². The molecule has 1 aliphatic rings. The van der Waals surface area contributed by atoms with E-state index < -0.39 is 49.5 Å². The van der Waals surface area contributed by atoms with Crippen LogP contribution in [-0.4, -0.2) is 87.5 Å². The smallest absolute Gasteiger partial charge is 0.220 e. The van der Waals surface area contributed by atoms with Crippen LogP contribution in [-0.2, 0) is 14.3 Å². The Labute approximate surface area is 274 Å². The third kappa shape index (κ3) is 20.0. The minimum absolute atomic E-state index is 0.184. The summed E-state index contributed by atoms with van der Waals surface area (Å²) >= 11 is 0. The lowest BCUT2D eigenvalue weighted by Gasteiger charge is -2.40. The van der Waals surface area contributed by atoms with E-state index in [-0.39, 0.29) is 12.5 Å². The lowest BCUT2D eigenvalue weighted by atomic mass is 9.99. The van der Waals surface area contributed by atoms with Gasteiger partial charge in [-0.15, -0.1) is 0 Å². The van der Waals surface area contributed by atoms with Gasteiger partial charge in [0.15, 0.2) is 6.29 Å². The fourth-order valence-corrected chi connectivity index (χ4v) is 5.80. The van der Waals surface area contributed by atoms with E-state index in [1.165, 1.54) is 96.3 Å². The molecule has 1 aliphatic heterocycles. The van der Waals surface area contributed by atoms with Crippen LogP contribution in [0.1, 0.15) is 155 Å². The number of rotatable bonds is 29. The largest absolute Gasteiger partial charge is 0.394 e. The first-order valence-corrected chi connectivity index (χ1v) is 18.4. The van der Waals surface area contributed by atoms with Crippen molar-refractivity contribution in [2.45, 2.75) is 198 Å². The van der Waals surface area contributed by atoms with Crippen LogP contribution in [0.4, 0.5) is 0 Å². The highest BCUT2D eigenvalue weighted by atomic mass is 16.7. The van der Waals surface area contributed by atoms with Crippen LogP contribution in [0.25, 0.3) is 0 Å². The Hall–Kier alpha value is -1.07. The van der Waals surface area contributed by atoms with Crippen LogP contribution in [0.2, 0.25) is 0 Å². The number of unbranched alkanes of at least 4 members (excludes halogenated alkanes) is 19. The molecule has 1 saturated heterocycles. The molecule has 1 rings (SSSR count). The second-order valence-electron chi connectivity index (χ2n) is 13.0. The van der Waals surface area contributed by atoms with E-state index in [0.29, 0.717) is 6.42 Å². The number of hydrogen-bond acceptors (Lipinski definition) is 8. The summed E-state index contributed by atoms with van der Waals surface area (Å²) < 4.78 is 11.1. The van der Waals surface area contributed by atoms with Crippen LogP contribution in [0.5, 0.6) is 0 Å². The molecule has 1 heterocycles. The van der Waals surface area contributed by atoms with Gasteiger partial charge in [0.2, 0.25) is 5.91 Å². The average Bonchev–Trinajstić information content (AvgIpc) is 3.04. The Kier molecular flexibility index (Phi) is 26.1. The molecule has 1 amide bonds. The molecule has 0 saturated carbocycles. The van der Waals surface area contributed by atoms with Gasteiger partial charge >= 0.3 is 0 Å². The van der Waals surface area contributed by atoms with Crippen LogP contribution in [0.15, 0.2) is 12.2 Å². The normalized spacial score (nSPS) is 23.4. The summed E-state index contributed by atoms with van der Waals surface area (Å²) in [5, 5.41) is 53.7. The monoisotopic (exact) mass is 644 g/mol. The number of hydrogen-bond donors (Lipinski definition) is 6. The molecule has 266 valence electrons. The molecule has 0 aromatic heterocycles. The average molecular weight is 644 g/mol. The zero-order chi connectivity index (χ0) is 33.1. The predicted molar refractivity (Wildman–Crippen MR) is 180 cm³/mol. The highest BCUT2D eigenvalue weighted by Gasteiger charge is 2.44. The molecular formula is C36H69NO8. The summed E-state index contributed by atoms with van der Waals surface area (Å²) in [6, 6.07) is -0.794. The molecule has 9 heteroatoms. The first-order valence-electron chi connectivity index (χ1n) is 18.4. The van der Waals surface area contributed by atoms with Crippen molar-refractivity contribution in [3.8, 4) is 0 Å². The lowest BCUT2D eigenvalue weighted by molar-refractivity contribution is -0.302. The van der Waals surface area contributed by atoms with Crippen LogP contribution in [0.3, 0.4) is 0 Å². The third-order valence-electron chi connectivity index (χ3n) is 8.86. The number of carbonyl (C=O) groups is 1. The number of aliphatic hydroxyl groups is 5. The number of carbonyl (C=O) groups excluding carboxylic acids is 1. The van der Waals surface area contributed by atoms with Gasteiger partial charge in [0.25, 0.3) is 0 Å². The maximum atomic E-state index is 12.8. The molecule has 0 bridgehead atoms. The van der Waals surface area contributed by atoms with Crippen molar-refractivity contribution >= 4 is 5.91 Å². The van der Waals surface area contributed by atoms with Crippen LogP contribution in [0, 0.1) is 0 Å². The van der Waals surface area contributed by atoms with E-state index in [0.717, 1.165) is 38.5 Å². The lowest BCUT2D eigenvalue weighted by Crippen LogP contribution is -2.60. The summed E-state index contributed by atoms with van der Waals surface area (Å²) in [6.45, 7) is 3.71. The molecule has 0 aromatic carbocycles. The number of allylic oxidation sites excluding steroid dienone is 1. The maximum absolute atomic E-state index is 12.8. The standard InChI is InChI=1S/C36H69NO8/c1-3-5-7-9-11-13-14-15-16-17-18-19-21-23-25-30(39)29(37-32(40)26-24-22-20-12-10-8-6-4-2)28-44-36-35(43)34(42)33(41)31(27-38)45-36/h23,25,29-31,33-36,38-39,41-43H,3-22,24,26-28H2,1-2H3,(H,37,40)/b25-23+/t29-,30+,31+,33+,34?,35?,36+/m0/s1. The first kappa shape index (κ1) is 42.0. The SMILES string of the molecule is CCCCCCCCCCCCCC/C=C/[C@@H](O)[C@H](CO[C@@H]1O[C@H](CO)[C@@H](O)C(O)C1O)NC(=O)CCCCCCCCCC. The Morgan fingerprint density at radius 2 is 1.22 bits per heavy atom. The first-order chi connectivity index (χ1) is 21.8. The van der Waals surface area contributed by atoms with Crippen LogP contribution >= 0.6 is 0 Å². The van der Waals surface area contributed by atoms with E-state index in [1.54, 1.807) is 6.08 Å². The van der Waals surface area contributed by atoms with E-state index in [9.17, 15) is 30.3 Å².